The van der Waals surface area contributed by atoms with E-state index in [1.807, 2.05) is 30.7 Å². The standard InChI is InChI=1S/C12H12BrNO2/c1-7-8(6-15)11-10(14(7)2)5-4-9(13)12(11)16-3/h4-6H,1-3H3. The molecular formula is C12H12BrNO2. The molecule has 0 fully saturated rings. The van der Waals surface area contributed by atoms with Crippen LogP contribution >= 0.6 is 15.9 Å². The van der Waals surface area contributed by atoms with Gasteiger partial charge in [0.2, 0.25) is 0 Å². The molecule has 0 amide bonds. The average molecular weight is 282 g/mol. The number of aromatic nitrogens is 1. The van der Waals surface area contributed by atoms with E-state index in [9.17, 15) is 4.79 Å². The van der Waals surface area contributed by atoms with Crippen molar-refractivity contribution in [2.45, 2.75) is 6.92 Å². The highest BCUT2D eigenvalue weighted by Crippen LogP contribution is 2.37. The first-order valence-corrected chi connectivity index (χ1v) is 5.67. The van der Waals surface area contributed by atoms with Gasteiger partial charge in [-0.05, 0) is 35.0 Å². The van der Waals surface area contributed by atoms with Gasteiger partial charge in [-0.3, -0.25) is 4.79 Å². The maximum atomic E-state index is 11.1. The number of carbonyl (C=O) groups excluding carboxylic acids is 1. The minimum Gasteiger partial charge on any atom is -0.495 e. The van der Waals surface area contributed by atoms with Gasteiger partial charge in [-0.25, -0.2) is 0 Å². The molecule has 0 unspecified atom stereocenters. The lowest BCUT2D eigenvalue weighted by molar-refractivity contribution is 0.112. The topological polar surface area (TPSA) is 31.2 Å². The summed E-state index contributed by atoms with van der Waals surface area (Å²) in [4.78, 5) is 11.1. The number of rotatable bonds is 2. The van der Waals surface area contributed by atoms with E-state index < -0.39 is 0 Å². The molecule has 0 aliphatic rings. The molecule has 1 aromatic heterocycles. The normalized spacial score (nSPS) is 10.8. The van der Waals surface area contributed by atoms with E-state index in [4.69, 9.17) is 4.74 Å². The Labute approximate surface area is 102 Å². The van der Waals surface area contributed by atoms with Crippen LogP contribution in [0.15, 0.2) is 16.6 Å². The number of methoxy groups -OCH3 is 1. The highest BCUT2D eigenvalue weighted by Gasteiger charge is 2.17. The summed E-state index contributed by atoms with van der Waals surface area (Å²) in [5, 5.41) is 0.867. The van der Waals surface area contributed by atoms with Crippen LogP contribution in [0.1, 0.15) is 16.1 Å². The molecule has 0 bridgehead atoms. The van der Waals surface area contributed by atoms with Crippen molar-refractivity contribution in [3.8, 4) is 5.75 Å². The molecule has 3 nitrogen and oxygen atoms in total. The van der Waals surface area contributed by atoms with Crippen LogP contribution in [0.5, 0.6) is 5.75 Å². The molecule has 84 valence electrons. The number of nitrogens with zero attached hydrogens (tertiary/aromatic N) is 1. The van der Waals surface area contributed by atoms with Crippen molar-refractivity contribution in [2.24, 2.45) is 7.05 Å². The molecule has 0 aliphatic carbocycles. The molecule has 2 rings (SSSR count). The number of carbonyl (C=O) groups is 1. The van der Waals surface area contributed by atoms with Gasteiger partial charge >= 0.3 is 0 Å². The third-order valence-corrected chi connectivity index (χ3v) is 3.56. The van der Waals surface area contributed by atoms with Crippen LogP contribution in [-0.4, -0.2) is 18.0 Å². The lowest BCUT2D eigenvalue weighted by atomic mass is 10.1. The Hall–Kier alpha value is -1.29. The Kier molecular flexibility index (Phi) is 2.76. The van der Waals surface area contributed by atoms with E-state index in [0.717, 1.165) is 27.4 Å². The number of aldehydes is 1. The van der Waals surface area contributed by atoms with Gasteiger partial charge in [0, 0.05) is 18.3 Å². The highest BCUT2D eigenvalue weighted by molar-refractivity contribution is 9.10. The van der Waals surface area contributed by atoms with Gasteiger partial charge in [-0.2, -0.15) is 0 Å². The molecule has 0 spiro atoms. The summed E-state index contributed by atoms with van der Waals surface area (Å²) in [6.45, 7) is 1.93. The van der Waals surface area contributed by atoms with Crippen LogP contribution in [0.4, 0.5) is 0 Å². The van der Waals surface area contributed by atoms with Crippen LogP contribution in [0.2, 0.25) is 0 Å². The first kappa shape index (κ1) is 11.2. The largest absolute Gasteiger partial charge is 0.495 e. The maximum absolute atomic E-state index is 11.1. The lowest BCUT2D eigenvalue weighted by Crippen LogP contribution is -1.91. The molecule has 1 aromatic carbocycles. The van der Waals surface area contributed by atoms with Gasteiger partial charge in [0.1, 0.15) is 5.75 Å². The quantitative estimate of drug-likeness (QED) is 0.793. The van der Waals surface area contributed by atoms with Gasteiger partial charge in [-0.15, -0.1) is 0 Å². The summed E-state index contributed by atoms with van der Waals surface area (Å²) in [6, 6.07) is 3.90. The second-order valence-electron chi connectivity index (χ2n) is 3.65. The van der Waals surface area contributed by atoms with Gasteiger partial charge < -0.3 is 9.30 Å². The molecule has 0 atom stereocenters. The fraction of sp³-hybridized carbons (Fsp3) is 0.250. The van der Waals surface area contributed by atoms with Crippen molar-refractivity contribution < 1.29 is 9.53 Å². The van der Waals surface area contributed by atoms with Crippen molar-refractivity contribution in [3.05, 3.63) is 27.9 Å². The zero-order valence-electron chi connectivity index (χ0n) is 9.37. The van der Waals surface area contributed by atoms with Crippen molar-refractivity contribution in [1.29, 1.82) is 0 Å². The Morgan fingerprint density at radius 3 is 2.69 bits per heavy atom. The summed E-state index contributed by atoms with van der Waals surface area (Å²) < 4.78 is 8.20. The monoisotopic (exact) mass is 281 g/mol. The summed E-state index contributed by atoms with van der Waals surface area (Å²) in [5.74, 6) is 0.711. The number of halogens is 1. The van der Waals surface area contributed by atoms with Gasteiger partial charge in [0.05, 0.1) is 22.5 Å². The second-order valence-corrected chi connectivity index (χ2v) is 4.51. The summed E-state index contributed by atoms with van der Waals surface area (Å²) in [5.41, 5.74) is 2.64. The van der Waals surface area contributed by atoms with E-state index in [2.05, 4.69) is 15.9 Å². The number of hydrogen-bond acceptors (Lipinski definition) is 2. The molecule has 0 N–H and O–H groups in total. The average Bonchev–Trinajstić information content (AvgIpc) is 2.52. The zero-order valence-corrected chi connectivity index (χ0v) is 11.0. The number of fused-ring (bicyclic) bond motifs is 1. The van der Waals surface area contributed by atoms with Crippen molar-refractivity contribution in [3.63, 3.8) is 0 Å². The molecule has 1 heterocycles. The van der Waals surface area contributed by atoms with Crippen molar-refractivity contribution in [1.82, 2.24) is 4.57 Å². The minimum atomic E-state index is 0.690. The fourth-order valence-electron chi connectivity index (χ4n) is 1.97. The zero-order chi connectivity index (χ0) is 11.9. The Morgan fingerprint density at radius 1 is 1.44 bits per heavy atom. The molecule has 0 saturated carbocycles. The van der Waals surface area contributed by atoms with E-state index in [-0.39, 0.29) is 0 Å². The van der Waals surface area contributed by atoms with Crippen molar-refractivity contribution >= 4 is 33.1 Å². The minimum absolute atomic E-state index is 0.690. The SMILES string of the molecule is COc1c(Br)ccc2c1c(C=O)c(C)n2C. The Morgan fingerprint density at radius 2 is 2.12 bits per heavy atom. The molecule has 0 saturated heterocycles. The first-order chi connectivity index (χ1) is 7.61. The number of ether oxygens (including phenoxy) is 1. The summed E-state index contributed by atoms with van der Waals surface area (Å²) >= 11 is 3.42. The summed E-state index contributed by atoms with van der Waals surface area (Å²) in [7, 11) is 3.55. The molecule has 2 aromatic rings. The van der Waals surface area contributed by atoms with E-state index in [1.54, 1.807) is 7.11 Å². The van der Waals surface area contributed by atoms with E-state index in [1.165, 1.54) is 0 Å². The Bertz CT molecular complexity index is 572. The predicted molar refractivity (Wildman–Crippen MR) is 67.3 cm³/mol. The molecule has 0 radical (unpaired) electrons. The van der Waals surface area contributed by atoms with E-state index in [0.29, 0.717) is 11.3 Å². The number of hydrogen-bond donors (Lipinski definition) is 0. The fourth-order valence-corrected chi connectivity index (χ4v) is 2.46. The van der Waals surface area contributed by atoms with Gasteiger partial charge in [0.25, 0.3) is 0 Å². The number of aryl methyl sites for hydroxylation is 1. The van der Waals surface area contributed by atoms with Crippen LogP contribution in [-0.2, 0) is 7.05 Å². The van der Waals surface area contributed by atoms with Crippen LogP contribution in [0, 0.1) is 6.92 Å². The maximum Gasteiger partial charge on any atom is 0.152 e. The molecule has 16 heavy (non-hydrogen) atoms. The molecular weight excluding hydrogens is 270 g/mol. The van der Waals surface area contributed by atoms with Crippen LogP contribution in [0.3, 0.4) is 0 Å². The van der Waals surface area contributed by atoms with Gasteiger partial charge in [-0.1, -0.05) is 0 Å². The number of benzene rings is 1. The highest BCUT2D eigenvalue weighted by atomic mass is 79.9. The van der Waals surface area contributed by atoms with Crippen LogP contribution in [0.25, 0.3) is 10.9 Å². The van der Waals surface area contributed by atoms with Gasteiger partial charge in [0.15, 0.2) is 6.29 Å². The smallest absolute Gasteiger partial charge is 0.152 e. The summed E-state index contributed by atoms with van der Waals surface area (Å²) in [6.07, 6.45) is 0.882. The first-order valence-electron chi connectivity index (χ1n) is 4.88. The Balaban J connectivity index is 3.01. The van der Waals surface area contributed by atoms with Crippen LogP contribution < -0.4 is 4.74 Å². The molecule has 0 aliphatic heterocycles. The third kappa shape index (κ3) is 1.37. The molecule has 4 heteroatoms. The van der Waals surface area contributed by atoms with Crippen molar-refractivity contribution in [2.75, 3.05) is 7.11 Å². The lowest BCUT2D eigenvalue weighted by Gasteiger charge is -2.05. The predicted octanol–water partition coefficient (Wildman–Crippen LogP) is 3.07. The van der Waals surface area contributed by atoms with E-state index >= 15 is 0 Å². The third-order valence-electron chi connectivity index (χ3n) is 2.93. The second kappa shape index (κ2) is 3.94.